The third kappa shape index (κ3) is 37.5. The Labute approximate surface area is 288 Å². The second-order valence-electron chi connectivity index (χ2n) is 13.3. The average molecular weight is 689 g/mol. The zero-order valence-corrected chi connectivity index (χ0v) is 31.3. The molecule has 0 aromatic carbocycles. The van der Waals surface area contributed by atoms with Crippen LogP contribution in [-0.4, -0.2) is 41.0 Å². The monoisotopic (exact) mass is 689 g/mol. The summed E-state index contributed by atoms with van der Waals surface area (Å²) < 4.78 is 26.3. The third-order valence-corrected chi connectivity index (χ3v) is 9.02. The molecule has 0 saturated heterocycles. The van der Waals surface area contributed by atoms with Gasteiger partial charge in [-0.3, -0.25) is 14.1 Å². The highest BCUT2D eigenvalue weighted by molar-refractivity contribution is 7.46. The number of carbonyl (C=O) groups is 2. The first-order valence-electron chi connectivity index (χ1n) is 19.5. The second kappa shape index (κ2) is 34.6. The number of phosphoric ester groups is 1. The van der Waals surface area contributed by atoms with E-state index in [2.05, 4.69) is 30.5 Å². The second-order valence-corrected chi connectivity index (χ2v) is 14.5. The van der Waals surface area contributed by atoms with Crippen LogP contribution in [0.5, 0.6) is 0 Å². The quantitative estimate of drug-likeness (QED) is 0.0289. The maximum Gasteiger partial charge on any atom is 0.469 e. The zero-order chi connectivity index (χ0) is 34.7. The van der Waals surface area contributed by atoms with Gasteiger partial charge in [0.1, 0.15) is 6.61 Å². The number of carbonyl (C=O) groups excluding carboxylic acids is 2. The van der Waals surface area contributed by atoms with Crippen LogP contribution in [-0.2, 0) is 28.2 Å². The number of unbranched alkanes of at least 4 members (excludes halogenated alkanes) is 24. The molecule has 0 unspecified atom stereocenters. The summed E-state index contributed by atoms with van der Waals surface area (Å²) in [5.41, 5.74) is 0. The maximum atomic E-state index is 12.4. The molecule has 0 aliphatic carbocycles. The van der Waals surface area contributed by atoms with Gasteiger partial charge in [-0.15, -0.1) is 0 Å². The van der Waals surface area contributed by atoms with E-state index in [0.29, 0.717) is 6.42 Å². The standard InChI is InChI=1S/C38H73O8P/c1-3-5-7-9-11-13-15-17-19-21-23-25-27-29-31-33-38(40)46-36(35-45-47(41,42)43)34-44-37(39)32-30-28-26-24-22-20-18-16-14-12-10-8-6-4-2/h9,11,36H,3-8,10,12-35H2,1-2H3,(H2,41,42,43)/b11-9+/t36-/m1/s1. The summed E-state index contributed by atoms with van der Waals surface area (Å²) in [5, 5.41) is 0. The first kappa shape index (κ1) is 45.8. The van der Waals surface area contributed by atoms with Crippen LogP contribution in [0.2, 0.25) is 0 Å². The molecule has 2 N–H and O–H groups in total. The van der Waals surface area contributed by atoms with Gasteiger partial charge in [0.15, 0.2) is 6.10 Å². The smallest absolute Gasteiger partial charge is 0.462 e. The van der Waals surface area contributed by atoms with Gasteiger partial charge in [-0.1, -0.05) is 167 Å². The summed E-state index contributed by atoms with van der Waals surface area (Å²) in [7, 11) is -4.74. The lowest BCUT2D eigenvalue weighted by Crippen LogP contribution is -2.29. The van der Waals surface area contributed by atoms with Gasteiger partial charge in [-0.25, -0.2) is 4.57 Å². The molecule has 0 rings (SSSR count). The number of hydrogen-bond donors (Lipinski definition) is 2. The van der Waals surface area contributed by atoms with Gasteiger partial charge in [0, 0.05) is 12.8 Å². The Hall–Kier alpha value is -1.21. The van der Waals surface area contributed by atoms with Crippen molar-refractivity contribution in [2.24, 2.45) is 0 Å². The molecule has 8 nitrogen and oxygen atoms in total. The zero-order valence-electron chi connectivity index (χ0n) is 30.4. The molecular weight excluding hydrogens is 615 g/mol. The van der Waals surface area contributed by atoms with Crippen LogP contribution in [0.4, 0.5) is 0 Å². The van der Waals surface area contributed by atoms with E-state index in [4.69, 9.17) is 19.3 Å². The van der Waals surface area contributed by atoms with Crippen molar-refractivity contribution < 1.29 is 37.9 Å². The van der Waals surface area contributed by atoms with Gasteiger partial charge in [-0.05, 0) is 32.1 Å². The number of ether oxygens (including phenoxy) is 2. The van der Waals surface area contributed by atoms with Crippen molar-refractivity contribution in [3.05, 3.63) is 12.2 Å². The van der Waals surface area contributed by atoms with E-state index in [1.54, 1.807) is 0 Å². The van der Waals surface area contributed by atoms with Gasteiger partial charge in [0.2, 0.25) is 0 Å². The Bertz CT molecular complexity index is 782. The Kier molecular flexibility index (Phi) is 33.8. The number of hydrogen-bond acceptors (Lipinski definition) is 6. The van der Waals surface area contributed by atoms with Crippen LogP contribution in [0, 0.1) is 0 Å². The van der Waals surface area contributed by atoms with E-state index in [1.807, 2.05) is 0 Å². The molecule has 0 bridgehead atoms. The van der Waals surface area contributed by atoms with Crippen LogP contribution >= 0.6 is 7.82 Å². The molecule has 278 valence electrons. The molecule has 9 heteroatoms. The summed E-state index contributed by atoms with van der Waals surface area (Å²) in [5.74, 6) is -0.878. The predicted octanol–water partition coefficient (Wildman–Crippen LogP) is 11.5. The predicted molar refractivity (Wildman–Crippen MR) is 193 cm³/mol. The van der Waals surface area contributed by atoms with E-state index in [1.165, 1.54) is 128 Å². The van der Waals surface area contributed by atoms with Crippen molar-refractivity contribution >= 4 is 19.8 Å². The summed E-state index contributed by atoms with van der Waals surface area (Å²) >= 11 is 0. The van der Waals surface area contributed by atoms with Gasteiger partial charge >= 0.3 is 19.8 Å². The Morgan fingerprint density at radius 1 is 0.532 bits per heavy atom. The van der Waals surface area contributed by atoms with E-state index >= 15 is 0 Å². The van der Waals surface area contributed by atoms with Crippen molar-refractivity contribution in [2.45, 2.75) is 206 Å². The summed E-state index contributed by atoms with van der Waals surface area (Å²) in [6, 6.07) is 0. The van der Waals surface area contributed by atoms with Crippen molar-refractivity contribution in [2.75, 3.05) is 13.2 Å². The molecule has 0 aromatic rings. The van der Waals surface area contributed by atoms with Gasteiger partial charge in [0.05, 0.1) is 6.61 Å². The van der Waals surface area contributed by atoms with Crippen molar-refractivity contribution in [3.8, 4) is 0 Å². The van der Waals surface area contributed by atoms with Crippen molar-refractivity contribution in [1.29, 1.82) is 0 Å². The number of esters is 2. The molecule has 1 atom stereocenters. The number of allylic oxidation sites excluding steroid dienone is 2. The first-order chi connectivity index (χ1) is 22.8. The molecule has 0 saturated carbocycles. The van der Waals surface area contributed by atoms with Gasteiger partial charge in [0.25, 0.3) is 0 Å². The average Bonchev–Trinajstić information content (AvgIpc) is 3.03. The summed E-state index contributed by atoms with van der Waals surface area (Å²) in [6.45, 7) is 3.66. The Morgan fingerprint density at radius 3 is 1.36 bits per heavy atom. The first-order valence-corrected chi connectivity index (χ1v) is 21.0. The third-order valence-electron chi connectivity index (χ3n) is 8.53. The minimum absolute atomic E-state index is 0.213. The van der Waals surface area contributed by atoms with Crippen LogP contribution in [0.25, 0.3) is 0 Å². The molecule has 0 amide bonds. The fourth-order valence-electron chi connectivity index (χ4n) is 5.59. The largest absolute Gasteiger partial charge is 0.469 e. The molecule has 47 heavy (non-hydrogen) atoms. The Morgan fingerprint density at radius 2 is 0.915 bits per heavy atom. The minimum Gasteiger partial charge on any atom is -0.462 e. The molecule has 0 aromatic heterocycles. The van der Waals surface area contributed by atoms with E-state index in [-0.39, 0.29) is 19.4 Å². The highest BCUT2D eigenvalue weighted by Gasteiger charge is 2.22. The molecule has 0 fully saturated rings. The lowest BCUT2D eigenvalue weighted by atomic mass is 10.0. The van der Waals surface area contributed by atoms with Crippen molar-refractivity contribution in [1.82, 2.24) is 0 Å². The van der Waals surface area contributed by atoms with Crippen LogP contribution in [0.3, 0.4) is 0 Å². The lowest BCUT2D eigenvalue weighted by molar-refractivity contribution is -0.161. The molecule has 0 spiro atoms. The Balaban J connectivity index is 3.92. The van der Waals surface area contributed by atoms with E-state index in [0.717, 1.165) is 38.5 Å². The normalized spacial score (nSPS) is 12.5. The molecule has 0 aliphatic heterocycles. The SMILES string of the molecule is CCCC/C=C/CCCCCCCCCCCC(=O)O[C@H](COC(=O)CCCCCCCCCCCCCCCC)COP(=O)(O)O. The topological polar surface area (TPSA) is 119 Å². The summed E-state index contributed by atoms with van der Waals surface area (Å²) in [6.07, 6.45) is 36.4. The fraction of sp³-hybridized carbons (Fsp3) is 0.895. The number of rotatable bonds is 36. The van der Waals surface area contributed by atoms with Crippen molar-refractivity contribution in [3.63, 3.8) is 0 Å². The highest BCUT2D eigenvalue weighted by atomic mass is 31.2. The highest BCUT2D eigenvalue weighted by Crippen LogP contribution is 2.36. The number of phosphoric acid groups is 1. The molecule has 0 radical (unpaired) electrons. The molecular formula is C38H73O8P. The van der Waals surface area contributed by atoms with Crippen LogP contribution < -0.4 is 0 Å². The molecule has 0 heterocycles. The lowest BCUT2D eigenvalue weighted by Gasteiger charge is -2.18. The molecule has 0 aliphatic rings. The fourth-order valence-corrected chi connectivity index (χ4v) is 5.95. The maximum absolute atomic E-state index is 12.4. The van der Waals surface area contributed by atoms with Crippen LogP contribution in [0.15, 0.2) is 12.2 Å². The van der Waals surface area contributed by atoms with Crippen LogP contribution in [0.1, 0.15) is 200 Å². The van der Waals surface area contributed by atoms with E-state index < -0.39 is 32.5 Å². The van der Waals surface area contributed by atoms with Gasteiger partial charge < -0.3 is 19.3 Å². The minimum atomic E-state index is -4.74. The summed E-state index contributed by atoms with van der Waals surface area (Å²) in [4.78, 5) is 42.7. The van der Waals surface area contributed by atoms with Gasteiger partial charge in [-0.2, -0.15) is 0 Å². The van der Waals surface area contributed by atoms with E-state index in [9.17, 15) is 14.2 Å².